The standard InChI is InChI=1S/C23H29N3O2/c27-22-6-3-4-18(16-22)7-10-20-5-1-2-14-25(20)17-19-8-11-21(12-9-19)26-15-13-24-23(26)28/h3-4,6,8-9,11-12,16,20,27H,1-2,5,7,10,13-15,17H2,(H,24,28)/t20-/m1/s1. The van der Waals surface area contributed by atoms with Gasteiger partial charge in [-0.3, -0.25) is 9.80 Å². The number of phenols is 1. The van der Waals surface area contributed by atoms with Crippen molar-refractivity contribution in [2.45, 2.75) is 44.7 Å². The molecule has 28 heavy (non-hydrogen) atoms. The number of rotatable bonds is 6. The fourth-order valence-electron chi connectivity index (χ4n) is 4.37. The first-order chi connectivity index (χ1) is 13.7. The minimum Gasteiger partial charge on any atom is -0.508 e. The first-order valence-corrected chi connectivity index (χ1v) is 10.4. The summed E-state index contributed by atoms with van der Waals surface area (Å²) in [6.45, 7) is 3.55. The molecule has 2 aliphatic rings. The Morgan fingerprint density at radius 3 is 2.64 bits per heavy atom. The molecule has 0 unspecified atom stereocenters. The molecule has 1 atom stereocenters. The molecule has 148 valence electrons. The van der Waals surface area contributed by atoms with Crippen LogP contribution in [0.2, 0.25) is 0 Å². The molecule has 5 nitrogen and oxygen atoms in total. The predicted octanol–water partition coefficient (Wildman–Crippen LogP) is 3.91. The lowest BCUT2D eigenvalue weighted by molar-refractivity contribution is 0.132. The van der Waals surface area contributed by atoms with Gasteiger partial charge in [0, 0.05) is 31.4 Å². The van der Waals surface area contributed by atoms with Crippen LogP contribution in [-0.2, 0) is 13.0 Å². The minimum atomic E-state index is -0.00390. The van der Waals surface area contributed by atoms with E-state index in [9.17, 15) is 9.90 Å². The molecule has 2 aromatic carbocycles. The van der Waals surface area contributed by atoms with Gasteiger partial charge in [0.1, 0.15) is 5.75 Å². The van der Waals surface area contributed by atoms with Crippen molar-refractivity contribution in [1.29, 1.82) is 0 Å². The number of carbonyl (C=O) groups is 1. The number of phenolic OH excluding ortho intramolecular Hbond substituents is 1. The highest BCUT2D eigenvalue weighted by molar-refractivity contribution is 5.93. The fraction of sp³-hybridized carbons (Fsp3) is 0.435. The molecule has 4 rings (SSSR count). The smallest absolute Gasteiger partial charge is 0.321 e. The van der Waals surface area contributed by atoms with Gasteiger partial charge in [0.2, 0.25) is 0 Å². The van der Waals surface area contributed by atoms with E-state index in [1.807, 2.05) is 12.1 Å². The van der Waals surface area contributed by atoms with E-state index >= 15 is 0 Å². The van der Waals surface area contributed by atoms with Crippen LogP contribution >= 0.6 is 0 Å². The fourth-order valence-corrected chi connectivity index (χ4v) is 4.37. The number of nitrogens with zero attached hydrogens (tertiary/aromatic N) is 2. The van der Waals surface area contributed by atoms with Crippen molar-refractivity contribution in [3.63, 3.8) is 0 Å². The van der Waals surface area contributed by atoms with Gasteiger partial charge < -0.3 is 10.4 Å². The maximum absolute atomic E-state index is 11.8. The third kappa shape index (κ3) is 4.47. The van der Waals surface area contributed by atoms with Crippen LogP contribution in [0, 0.1) is 0 Å². The zero-order valence-electron chi connectivity index (χ0n) is 16.3. The molecule has 2 aromatic rings. The lowest BCUT2D eigenvalue weighted by Gasteiger charge is -2.36. The number of benzene rings is 2. The number of aryl methyl sites for hydroxylation is 1. The van der Waals surface area contributed by atoms with Crippen LogP contribution in [-0.4, -0.2) is 41.7 Å². The van der Waals surface area contributed by atoms with E-state index in [-0.39, 0.29) is 6.03 Å². The zero-order valence-corrected chi connectivity index (χ0v) is 16.3. The van der Waals surface area contributed by atoms with Crippen LogP contribution in [0.3, 0.4) is 0 Å². The molecule has 0 spiro atoms. The summed E-state index contributed by atoms with van der Waals surface area (Å²) in [6.07, 6.45) is 5.91. The Bertz CT molecular complexity index is 806. The summed E-state index contributed by atoms with van der Waals surface area (Å²) in [6, 6.07) is 16.6. The molecule has 2 fully saturated rings. The molecule has 0 radical (unpaired) electrons. The van der Waals surface area contributed by atoms with E-state index in [1.165, 1.54) is 30.4 Å². The SMILES string of the molecule is O=C1NCCN1c1ccc(CN2CCCC[C@@H]2CCc2cccc(O)c2)cc1. The Morgan fingerprint density at radius 1 is 1.04 bits per heavy atom. The van der Waals surface area contributed by atoms with Crippen LogP contribution in [0.1, 0.15) is 36.8 Å². The number of urea groups is 1. The Labute approximate surface area is 167 Å². The molecule has 2 heterocycles. The van der Waals surface area contributed by atoms with Crippen molar-refractivity contribution in [2.24, 2.45) is 0 Å². The number of likely N-dealkylation sites (tertiary alicyclic amines) is 1. The molecule has 2 N–H and O–H groups in total. The third-order valence-electron chi connectivity index (χ3n) is 5.92. The molecule has 5 heteroatoms. The van der Waals surface area contributed by atoms with Crippen LogP contribution in [0.15, 0.2) is 48.5 Å². The maximum Gasteiger partial charge on any atom is 0.321 e. The van der Waals surface area contributed by atoms with Gasteiger partial charge in [0.05, 0.1) is 0 Å². The average Bonchev–Trinajstić information content (AvgIpc) is 3.14. The monoisotopic (exact) mass is 379 g/mol. The lowest BCUT2D eigenvalue weighted by atomic mass is 9.95. The van der Waals surface area contributed by atoms with Gasteiger partial charge in [-0.15, -0.1) is 0 Å². The van der Waals surface area contributed by atoms with E-state index < -0.39 is 0 Å². The Kier molecular flexibility index (Phi) is 5.81. The summed E-state index contributed by atoms with van der Waals surface area (Å²) < 4.78 is 0. The van der Waals surface area contributed by atoms with Crippen molar-refractivity contribution in [1.82, 2.24) is 10.2 Å². The number of hydrogen-bond acceptors (Lipinski definition) is 3. The highest BCUT2D eigenvalue weighted by Gasteiger charge is 2.23. The first kappa shape index (κ1) is 18.8. The Balaban J connectivity index is 1.37. The summed E-state index contributed by atoms with van der Waals surface area (Å²) in [4.78, 5) is 16.2. The van der Waals surface area contributed by atoms with Crippen molar-refractivity contribution in [2.75, 3.05) is 24.5 Å². The normalized spacial score (nSPS) is 20.4. The van der Waals surface area contributed by atoms with Crippen molar-refractivity contribution in [3.8, 4) is 5.75 Å². The summed E-state index contributed by atoms with van der Waals surface area (Å²) in [7, 11) is 0. The molecule has 0 bridgehead atoms. The topological polar surface area (TPSA) is 55.8 Å². The number of carbonyl (C=O) groups excluding carboxylic acids is 1. The average molecular weight is 380 g/mol. The number of amides is 2. The Morgan fingerprint density at radius 2 is 1.89 bits per heavy atom. The van der Waals surface area contributed by atoms with Crippen molar-refractivity contribution >= 4 is 11.7 Å². The summed E-state index contributed by atoms with van der Waals surface area (Å²) in [5, 5.41) is 12.5. The lowest BCUT2D eigenvalue weighted by Crippen LogP contribution is -2.39. The highest BCUT2D eigenvalue weighted by Crippen LogP contribution is 2.25. The maximum atomic E-state index is 11.8. The largest absolute Gasteiger partial charge is 0.508 e. The summed E-state index contributed by atoms with van der Waals surface area (Å²) in [5.74, 6) is 0.352. The van der Waals surface area contributed by atoms with Gasteiger partial charge in [-0.05, 0) is 67.6 Å². The van der Waals surface area contributed by atoms with Gasteiger partial charge in [-0.1, -0.05) is 30.7 Å². The van der Waals surface area contributed by atoms with Gasteiger partial charge >= 0.3 is 6.03 Å². The van der Waals surface area contributed by atoms with Gasteiger partial charge in [0.25, 0.3) is 0 Å². The number of aromatic hydroxyl groups is 1. The minimum absolute atomic E-state index is 0.00390. The van der Waals surface area contributed by atoms with Crippen LogP contribution in [0.4, 0.5) is 10.5 Å². The molecule has 0 aliphatic carbocycles. The molecule has 2 aliphatic heterocycles. The van der Waals surface area contributed by atoms with Crippen LogP contribution in [0.25, 0.3) is 0 Å². The number of hydrogen-bond donors (Lipinski definition) is 2. The second-order valence-corrected chi connectivity index (χ2v) is 7.88. The molecular formula is C23H29N3O2. The quantitative estimate of drug-likeness (QED) is 0.800. The van der Waals surface area contributed by atoms with E-state index in [2.05, 4.69) is 40.5 Å². The highest BCUT2D eigenvalue weighted by atomic mass is 16.3. The van der Waals surface area contributed by atoms with Crippen LogP contribution < -0.4 is 10.2 Å². The molecule has 2 amide bonds. The second kappa shape index (κ2) is 8.65. The van der Waals surface area contributed by atoms with Gasteiger partial charge in [-0.2, -0.15) is 0 Å². The molecular weight excluding hydrogens is 350 g/mol. The molecule has 0 aromatic heterocycles. The zero-order chi connectivity index (χ0) is 19.3. The molecule has 2 saturated heterocycles. The summed E-state index contributed by atoms with van der Waals surface area (Å²) >= 11 is 0. The Hall–Kier alpha value is -2.53. The molecule has 0 saturated carbocycles. The van der Waals surface area contributed by atoms with E-state index in [0.717, 1.165) is 44.7 Å². The van der Waals surface area contributed by atoms with Crippen LogP contribution in [0.5, 0.6) is 5.75 Å². The van der Waals surface area contributed by atoms with Crippen molar-refractivity contribution < 1.29 is 9.90 Å². The van der Waals surface area contributed by atoms with Gasteiger partial charge in [-0.25, -0.2) is 4.79 Å². The summed E-state index contributed by atoms with van der Waals surface area (Å²) in [5.41, 5.74) is 3.48. The predicted molar refractivity (Wildman–Crippen MR) is 112 cm³/mol. The number of anilines is 1. The van der Waals surface area contributed by atoms with E-state index in [0.29, 0.717) is 11.8 Å². The number of piperidine rings is 1. The van der Waals surface area contributed by atoms with Gasteiger partial charge in [0.15, 0.2) is 0 Å². The van der Waals surface area contributed by atoms with Crippen molar-refractivity contribution in [3.05, 3.63) is 59.7 Å². The van der Waals surface area contributed by atoms with E-state index in [1.54, 1.807) is 11.0 Å². The second-order valence-electron chi connectivity index (χ2n) is 7.88. The van der Waals surface area contributed by atoms with E-state index in [4.69, 9.17) is 0 Å². The third-order valence-corrected chi connectivity index (χ3v) is 5.92. The first-order valence-electron chi connectivity index (χ1n) is 10.4. The number of nitrogens with one attached hydrogen (secondary N) is 1.